The van der Waals surface area contributed by atoms with Crippen molar-refractivity contribution in [1.82, 2.24) is 9.97 Å². The fourth-order valence-corrected chi connectivity index (χ4v) is 2.79. The van der Waals surface area contributed by atoms with E-state index in [1.165, 1.54) is 0 Å². The molecular weight excluding hydrogens is 390 g/mol. The Bertz CT molecular complexity index is 858. The Labute approximate surface area is 195 Å². The summed E-state index contributed by atoms with van der Waals surface area (Å²) in [5.74, 6) is 0. The van der Waals surface area contributed by atoms with E-state index in [-0.39, 0.29) is 0 Å². The minimum Gasteiger partial charge on any atom is -0.342 e. The average molecular weight is 430 g/mol. The third kappa shape index (κ3) is 8.73. The quantitative estimate of drug-likeness (QED) is 0.290. The maximum absolute atomic E-state index is 4.49. The van der Waals surface area contributed by atoms with Crippen molar-refractivity contribution >= 4 is 5.69 Å². The van der Waals surface area contributed by atoms with E-state index in [1.807, 2.05) is 83.4 Å². The first kappa shape index (κ1) is 28.5. The van der Waals surface area contributed by atoms with Gasteiger partial charge in [0.1, 0.15) is 0 Å². The number of hydrogen-bond acceptors (Lipinski definition) is 3. The number of nitrogens with zero attached hydrogens (tertiary/aromatic N) is 3. The number of anilines is 1. The molecule has 0 spiro atoms. The first-order valence-electron chi connectivity index (χ1n) is 11.3. The fraction of sp³-hybridized carbons (Fsp3) is 0.241. The SMILES string of the molecule is C=CC.C=CC(=C)N(CC)c1cc(-c2ccccn2)cc(-c2ccccn2)c1.CC.CC. The lowest BCUT2D eigenvalue weighted by molar-refractivity contribution is 0.983. The van der Waals surface area contributed by atoms with Crippen LogP contribution in [0.4, 0.5) is 5.69 Å². The second kappa shape index (κ2) is 17.2. The Morgan fingerprint density at radius 3 is 1.59 bits per heavy atom. The maximum Gasteiger partial charge on any atom is 0.0702 e. The number of likely N-dealkylation sites (N-methyl/N-ethyl adjacent to an activating group) is 1. The summed E-state index contributed by atoms with van der Waals surface area (Å²) in [5.41, 5.74) is 5.88. The van der Waals surface area contributed by atoms with Crippen LogP contribution in [0.2, 0.25) is 0 Å². The Hall–Kier alpha value is -3.46. The zero-order chi connectivity index (χ0) is 24.4. The minimum absolute atomic E-state index is 0.804. The number of allylic oxidation sites excluding steroid dienone is 2. The summed E-state index contributed by atoms with van der Waals surface area (Å²) in [6.07, 6.45) is 7.14. The van der Waals surface area contributed by atoms with Gasteiger partial charge in [0.25, 0.3) is 0 Å². The molecule has 3 nitrogen and oxygen atoms in total. The molecule has 0 aliphatic rings. The number of pyridine rings is 2. The Balaban J connectivity index is 0.00000124. The average Bonchev–Trinajstić information content (AvgIpc) is 2.88. The molecule has 0 unspecified atom stereocenters. The van der Waals surface area contributed by atoms with Gasteiger partial charge in [-0.3, -0.25) is 9.97 Å². The summed E-state index contributed by atoms with van der Waals surface area (Å²) in [5, 5.41) is 0. The van der Waals surface area contributed by atoms with Gasteiger partial charge in [0.15, 0.2) is 0 Å². The maximum atomic E-state index is 4.49. The molecule has 0 N–H and O–H groups in total. The van der Waals surface area contributed by atoms with Crippen LogP contribution >= 0.6 is 0 Å². The highest BCUT2D eigenvalue weighted by Gasteiger charge is 2.12. The van der Waals surface area contributed by atoms with Crippen molar-refractivity contribution in [3.8, 4) is 22.5 Å². The third-order valence-corrected chi connectivity index (χ3v) is 4.05. The number of benzene rings is 1. The van der Waals surface area contributed by atoms with Crippen LogP contribution in [0.15, 0.2) is 105 Å². The molecule has 0 fully saturated rings. The smallest absolute Gasteiger partial charge is 0.0702 e. The molecule has 0 amide bonds. The van der Waals surface area contributed by atoms with Crippen LogP contribution in [0.25, 0.3) is 22.5 Å². The van der Waals surface area contributed by atoms with E-state index >= 15 is 0 Å². The molecule has 0 saturated heterocycles. The molecule has 0 radical (unpaired) electrons. The summed E-state index contributed by atoms with van der Waals surface area (Å²) < 4.78 is 0. The Morgan fingerprint density at radius 2 is 1.28 bits per heavy atom. The van der Waals surface area contributed by atoms with Crippen molar-refractivity contribution < 1.29 is 0 Å². The van der Waals surface area contributed by atoms with Crippen LogP contribution in [0, 0.1) is 0 Å². The molecule has 2 aromatic heterocycles. The molecule has 3 heteroatoms. The first-order valence-corrected chi connectivity index (χ1v) is 11.3. The normalized spacial score (nSPS) is 8.81. The van der Waals surface area contributed by atoms with Crippen molar-refractivity contribution in [3.05, 3.63) is 105 Å². The van der Waals surface area contributed by atoms with Crippen molar-refractivity contribution in [3.63, 3.8) is 0 Å². The van der Waals surface area contributed by atoms with E-state index in [2.05, 4.69) is 59.7 Å². The first-order chi connectivity index (χ1) is 15.6. The second-order valence-corrected chi connectivity index (χ2v) is 6.05. The predicted octanol–water partition coefficient (Wildman–Crippen LogP) is 8.58. The predicted molar refractivity (Wildman–Crippen MR) is 144 cm³/mol. The monoisotopic (exact) mass is 429 g/mol. The van der Waals surface area contributed by atoms with Crippen LogP contribution in [0.5, 0.6) is 0 Å². The lowest BCUT2D eigenvalue weighted by Gasteiger charge is -2.24. The Kier molecular flexibility index (Phi) is 15.4. The van der Waals surface area contributed by atoms with Crippen molar-refractivity contribution in [2.24, 2.45) is 0 Å². The topological polar surface area (TPSA) is 29.0 Å². The van der Waals surface area contributed by atoms with E-state index in [0.29, 0.717) is 0 Å². The zero-order valence-electron chi connectivity index (χ0n) is 20.7. The van der Waals surface area contributed by atoms with Gasteiger partial charge < -0.3 is 4.90 Å². The zero-order valence-corrected chi connectivity index (χ0v) is 20.7. The van der Waals surface area contributed by atoms with Gasteiger partial charge in [-0.05, 0) is 62.4 Å². The van der Waals surface area contributed by atoms with E-state index < -0.39 is 0 Å². The van der Waals surface area contributed by atoms with E-state index in [4.69, 9.17) is 0 Å². The van der Waals surface area contributed by atoms with Crippen molar-refractivity contribution in [2.45, 2.75) is 41.5 Å². The molecule has 1 aromatic carbocycles. The van der Waals surface area contributed by atoms with Gasteiger partial charge in [-0.25, -0.2) is 0 Å². The molecule has 2 heterocycles. The van der Waals surface area contributed by atoms with E-state index in [9.17, 15) is 0 Å². The third-order valence-electron chi connectivity index (χ3n) is 4.05. The molecule has 170 valence electrons. The highest BCUT2D eigenvalue weighted by molar-refractivity contribution is 5.76. The lowest BCUT2D eigenvalue weighted by Crippen LogP contribution is -2.20. The summed E-state index contributed by atoms with van der Waals surface area (Å²) in [6, 6.07) is 18.2. The summed E-state index contributed by atoms with van der Waals surface area (Å²) in [4.78, 5) is 11.1. The molecule has 0 aliphatic heterocycles. The molecule has 3 rings (SSSR count). The van der Waals surface area contributed by atoms with Crippen LogP contribution in [0.1, 0.15) is 41.5 Å². The minimum atomic E-state index is 0.804. The van der Waals surface area contributed by atoms with Gasteiger partial charge in [-0.1, -0.05) is 59.1 Å². The van der Waals surface area contributed by atoms with Gasteiger partial charge in [-0.2, -0.15) is 0 Å². The van der Waals surface area contributed by atoms with Crippen LogP contribution in [-0.4, -0.2) is 16.5 Å². The second-order valence-electron chi connectivity index (χ2n) is 6.05. The van der Waals surface area contributed by atoms with Gasteiger partial charge in [0, 0.05) is 41.4 Å². The molecule has 0 aliphatic carbocycles. The van der Waals surface area contributed by atoms with Gasteiger partial charge in [0.2, 0.25) is 0 Å². The summed E-state index contributed by atoms with van der Waals surface area (Å²) in [6.45, 7) is 24.1. The lowest BCUT2D eigenvalue weighted by atomic mass is 10.0. The Morgan fingerprint density at radius 1 is 0.844 bits per heavy atom. The highest BCUT2D eigenvalue weighted by atomic mass is 15.1. The molecule has 0 atom stereocenters. The largest absolute Gasteiger partial charge is 0.342 e. The van der Waals surface area contributed by atoms with Gasteiger partial charge in [0.05, 0.1) is 11.4 Å². The van der Waals surface area contributed by atoms with Gasteiger partial charge in [-0.15, -0.1) is 6.58 Å². The molecule has 32 heavy (non-hydrogen) atoms. The number of hydrogen-bond donors (Lipinski definition) is 0. The van der Waals surface area contributed by atoms with E-state index in [1.54, 1.807) is 12.2 Å². The van der Waals surface area contributed by atoms with Crippen LogP contribution in [-0.2, 0) is 0 Å². The molecule has 0 bridgehead atoms. The number of aromatic nitrogens is 2. The molecular formula is C29H39N3. The van der Waals surface area contributed by atoms with Crippen LogP contribution in [0.3, 0.4) is 0 Å². The fourth-order valence-electron chi connectivity index (χ4n) is 2.79. The molecule has 0 saturated carbocycles. The number of rotatable bonds is 6. The molecule has 3 aromatic rings. The summed E-state index contributed by atoms with van der Waals surface area (Å²) >= 11 is 0. The van der Waals surface area contributed by atoms with Crippen molar-refractivity contribution in [2.75, 3.05) is 11.4 Å². The van der Waals surface area contributed by atoms with Crippen LogP contribution < -0.4 is 4.90 Å². The highest BCUT2D eigenvalue weighted by Crippen LogP contribution is 2.31. The summed E-state index contributed by atoms with van der Waals surface area (Å²) in [7, 11) is 0. The standard InChI is InChI=1S/C22H21N3.C3H6.2C2H6/c1-4-17(3)25(5-2)20-15-18(21-10-6-8-12-23-21)14-19(16-20)22-11-7-9-13-24-22;1-3-2;2*1-2/h4,6-16H,1,3,5H2,2H3;3H,1H2,2H3;2*1-2H3. The van der Waals surface area contributed by atoms with E-state index in [0.717, 1.165) is 40.4 Å². The van der Waals surface area contributed by atoms with Crippen molar-refractivity contribution in [1.29, 1.82) is 0 Å². The van der Waals surface area contributed by atoms with Gasteiger partial charge >= 0.3 is 0 Å².